The number of hydrogen-bond acceptors (Lipinski definition) is 4. The third kappa shape index (κ3) is 55.3. The number of hydrogen-bond donors (Lipinski definition) is 0. The Balaban J connectivity index is -0.000000799. The van der Waals surface area contributed by atoms with E-state index in [2.05, 4.69) is 55.9 Å². The van der Waals surface area contributed by atoms with Crippen LogP contribution in [0.4, 0.5) is 0 Å². The number of unbranched alkanes of at least 4 members (excludes halogenated alkanes) is 28. The molecule has 320 valence electrons. The quantitative estimate of drug-likeness (QED) is 0.0357. The van der Waals surface area contributed by atoms with E-state index in [-0.39, 0.29) is 0 Å². The maximum atomic E-state index is 9.28. The van der Waals surface area contributed by atoms with Gasteiger partial charge in [0, 0.05) is 18.4 Å². The molecule has 0 N–H and O–H groups in total. The molecular weight excluding hydrogens is 657 g/mol. The molecule has 53 heavy (non-hydrogen) atoms. The maximum absolute atomic E-state index is 9.28. The summed E-state index contributed by atoms with van der Waals surface area (Å²) in [6.45, 7) is 14.7. The molecule has 0 aliphatic rings. The summed E-state index contributed by atoms with van der Waals surface area (Å²) in [6, 6.07) is 0. The lowest BCUT2D eigenvalue weighted by Gasteiger charge is -2.30. The minimum atomic E-state index is -1.63. The van der Waals surface area contributed by atoms with Crippen molar-refractivity contribution in [2.45, 2.75) is 240 Å². The van der Waals surface area contributed by atoms with Gasteiger partial charge in [-0.2, -0.15) is 0 Å². The summed E-state index contributed by atoms with van der Waals surface area (Å²) >= 11 is 0. The number of carboxylic acid groups (broad SMARTS) is 2. The highest BCUT2D eigenvalue weighted by molar-refractivity contribution is 5.86. The van der Waals surface area contributed by atoms with Crippen LogP contribution in [0.1, 0.15) is 240 Å². The number of carbonyl (C=O) groups excluding carboxylic acids is 2. The van der Waals surface area contributed by atoms with Crippen LogP contribution in [0, 0.1) is 0 Å². The molecule has 0 fully saturated rings. The molecule has 6 nitrogen and oxygen atoms in total. The molecule has 0 saturated heterocycles. The Morgan fingerprint density at radius 1 is 0.302 bits per heavy atom. The average Bonchev–Trinajstić information content (AvgIpc) is 3.09. The minimum absolute atomic E-state index is 1.03. The molecule has 0 saturated carbocycles. The third-order valence-corrected chi connectivity index (χ3v) is 10.8. The van der Waals surface area contributed by atoms with Crippen LogP contribution in [0.15, 0.2) is 0 Å². The van der Waals surface area contributed by atoms with Crippen LogP contribution < -0.4 is 10.2 Å². The van der Waals surface area contributed by atoms with Crippen molar-refractivity contribution in [1.82, 2.24) is 0 Å². The average molecular weight is 755 g/mol. The van der Waals surface area contributed by atoms with Crippen molar-refractivity contribution in [2.24, 2.45) is 0 Å². The van der Waals surface area contributed by atoms with Gasteiger partial charge in [-0.1, -0.05) is 182 Å². The molecule has 0 radical (unpaired) electrons. The molecule has 0 heterocycles. The molecule has 6 heteroatoms. The molecule has 0 spiro atoms. The van der Waals surface area contributed by atoms with Gasteiger partial charge in [-0.05, 0) is 51.4 Å². The van der Waals surface area contributed by atoms with E-state index in [0.717, 1.165) is 0 Å². The summed E-state index contributed by atoms with van der Waals surface area (Å²) in [6.07, 6.45) is 45.0. The minimum Gasteiger partial charge on any atom is -0.550 e. The van der Waals surface area contributed by atoms with E-state index in [4.69, 9.17) is 0 Å². The number of carbonyl (C=O) groups is 2. The lowest BCUT2D eigenvalue weighted by atomic mass is 10.1. The smallest absolute Gasteiger partial charge is 0.0782 e. The summed E-state index contributed by atoms with van der Waals surface area (Å²) in [7, 11) is 9.73. The Morgan fingerprint density at radius 3 is 0.585 bits per heavy atom. The molecular formula is C47H98N2O4. The van der Waals surface area contributed by atoms with Crippen molar-refractivity contribution in [1.29, 1.82) is 0 Å². The van der Waals surface area contributed by atoms with Gasteiger partial charge in [0.25, 0.3) is 0 Å². The van der Waals surface area contributed by atoms with Crippen molar-refractivity contribution >= 4 is 11.9 Å². The largest absolute Gasteiger partial charge is 0.550 e. The van der Waals surface area contributed by atoms with Crippen LogP contribution >= 0.6 is 0 Å². The predicted octanol–water partition coefficient (Wildman–Crippen LogP) is 11.6. The standard InChI is InChI=1S/2C22H48N.C3H4O4/c2*1-5-7-9-11-13-15-17-19-21-23(3,4)22-20-18-16-14-12-10-8-6-2;4-2(5)1-3(6)7/h2*5-22H2,1-4H3;1H2,(H,4,5)(H,6,7)/q2*+1;/p-2. The van der Waals surface area contributed by atoms with Gasteiger partial charge in [0.15, 0.2) is 0 Å². The molecule has 0 atom stereocenters. The van der Waals surface area contributed by atoms with Crippen molar-refractivity contribution in [2.75, 3.05) is 54.4 Å². The molecule has 0 aliphatic heterocycles. The van der Waals surface area contributed by atoms with E-state index >= 15 is 0 Å². The third-order valence-electron chi connectivity index (χ3n) is 10.8. The fourth-order valence-corrected chi connectivity index (χ4v) is 7.04. The number of nitrogens with zero attached hydrogens (tertiary/aromatic N) is 2. The maximum Gasteiger partial charge on any atom is 0.0782 e. The van der Waals surface area contributed by atoms with E-state index in [1.54, 1.807) is 0 Å². The number of aliphatic carboxylic acids is 2. The second kappa shape index (κ2) is 43.6. The Kier molecular flexibility index (Phi) is 46.2. The van der Waals surface area contributed by atoms with E-state index in [1.165, 1.54) is 241 Å². The number of rotatable bonds is 38. The van der Waals surface area contributed by atoms with Gasteiger partial charge < -0.3 is 28.8 Å². The fraction of sp³-hybridized carbons (Fsp3) is 0.957. The van der Waals surface area contributed by atoms with Crippen molar-refractivity contribution in [3.63, 3.8) is 0 Å². The summed E-state index contributed by atoms with van der Waals surface area (Å²) in [5, 5.41) is 18.6. The molecule has 0 aromatic rings. The summed E-state index contributed by atoms with van der Waals surface area (Å²) in [5.74, 6) is -3.25. The number of carboxylic acids is 2. The molecule has 0 unspecified atom stereocenters. The van der Waals surface area contributed by atoms with Crippen LogP contribution in [-0.2, 0) is 9.59 Å². The summed E-state index contributed by atoms with van der Waals surface area (Å²) < 4.78 is 2.48. The van der Waals surface area contributed by atoms with Gasteiger partial charge in [0.2, 0.25) is 0 Å². The first kappa shape index (κ1) is 56.2. The Labute approximate surface area is 333 Å². The lowest BCUT2D eigenvalue weighted by molar-refractivity contribution is -0.890. The Hall–Kier alpha value is -1.14. The zero-order valence-electron chi connectivity index (χ0n) is 37.7. The van der Waals surface area contributed by atoms with Crippen molar-refractivity contribution in [3.05, 3.63) is 0 Å². The van der Waals surface area contributed by atoms with Crippen LogP contribution in [0.5, 0.6) is 0 Å². The highest BCUT2D eigenvalue weighted by atomic mass is 16.4. The van der Waals surface area contributed by atoms with Gasteiger partial charge in [-0.25, -0.2) is 0 Å². The first-order valence-corrected chi connectivity index (χ1v) is 23.4. The monoisotopic (exact) mass is 755 g/mol. The van der Waals surface area contributed by atoms with Crippen LogP contribution in [0.25, 0.3) is 0 Å². The molecule has 0 aromatic heterocycles. The van der Waals surface area contributed by atoms with E-state index in [0.29, 0.717) is 0 Å². The fourth-order valence-electron chi connectivity index (χ4n) is 7.04. The summed E-state index contributed by atoms with van der Waals surface area (Å²) in [4.78, 5) is 18.6. The normalized spacial score (nSPS) is 11.5. The van der Waals surface area contributed by atoms with Gasteiger partial charge in [-0.15, -0.1) is 0 Å². The zero-order valence-corrected chi connectivity index (χ0v) is 37.7. The molecule has 0 bridgehead atoms. The van der Waals surface area contributed by atoms with E-state index in [9.17, 15) is 19.8 Å². The van der Waals surface area contributed by atoms with Crippen LogP contribution in [0.3, 0.4) is 0 Å². The van der Waals surface area contributed by atoms with Crippen LogP contribution in [-0.4, -0.2) is 75.3 Å². The molecule has 0 rings (SSSR count). The topological polar surface area (TPSA) is 80.3 Å². The predicted molar refractivity (Wildman–Crippen MR) is 229 cm³/mol. The van der Waals surface area contributed by atoms with Gasteiger partial charge in [0.1, 0.15) is 0 Å². The Morgan fingerprint density at radius 2 is 0.453 bits per heavy atom. The van der Waals surface area contributed by atoms with E-state index in [1.807, 2.05) is 0 Å². The second-order valence-electron chi connectivity index (χ2n) is 17.6. The van der Waals surface area contributed by atoms with E-state index < -0.39 is 18.4 Å². The first-order chi connectivity index (χ1) is 25.4. The van der Waals surface area contributed by atoms with Crippen molar-refractivity contribution < 1.29 is 28.8 Å². The lowest BCUT2D eigenvalue weighted by Crippen LogP contribution is -2.41. The molecule has 0 amide bonds. The van der Waals surface area contributed by atoms with Gasteiger partial charge in [0.05, 0.1) is 54.4 Å². The SMILES string of the molecule is CCCCCCCCCC[N+](C)(C)CCCCCCCCCC.CCCCCCCCCC[N+](C)(C)CCCCCCCCCC.O=C([O-])CC(=O)[O-]. The molecule has 0 aromatic carbocycles. The highest BCUT2D eigenvalue weighted by Crippen LogP contribution is 2.15. The van der Waals surface area contributed by atoms with Crippen molar-refractivity contribution in [3.8, 4) is 0 Å². The summed E-state index contributed by atoms with van der Waals surface area (Å²) in [5.41, 5.74) is 0. The Bertz CT molecular complexity index is 636. The van der Waals surface area contributed by atoms with Gasteiger partial charge >= 0.3 is 0 Å². The highest BCUT2D eigenvalue weighted by Gasteiger charge is 2.14. The second-order valence-corrected chi connectivity index (χ2v) is 17.6. The molecule has 0 aliphatic carbocycles. The van der Waals surface area contributed by atoms with Crippen LogP contribution in [0.2, 0.25) is 0 Å². The zero-order chi connectivity index (χ0) is 40.3. The first-order valence-electron chi connectivity index (χ1n) is 23.4. The number of quaternary nitrogens is 2. The van der Waals surface area contributed by atoms with Gasteiger partial charge in [-0.3, -0.25) is 0 Å².